The molecule has 0 spiro atoms. The van der Waals surface area contributed by atoms with E-state index in [0.29, 0.717) is 12.2 Å². The van der Waals surface area contributed by atoms with Gasteiger partial charge in [0.25, 0.3) is 0 Å². The van der Waals surface area contributed by atoms with Gasteiger partial charge in [0.05, 0.1) is 16.3 Å². The summed E-state index contributed by atoms with van der Waals surface area (Å²) in [6, 6.07) is 3.25. The second-order valence-electron chi connectivity index (χ2n) is 3.14. The van der Waals surface area contributed by atoms with Crippen molar-refractivity contribution in [2.45, 2.75) is 13.1 Å². The maximum atomic E-state index is 12.3. The van der Waals surface area contributed by atoms with Crippen molar-refractivity contribution in [2.24, 2.45) is 0 Å². The third kappa shape index (κ3) is 3.45. The molecule has 1 nitrogen and oxygen atoms in total. The summed E-state index contributed by atoms with van der Waals surface area (Å²) in [4.78, 5) is 0. The van der Waals surface area contributed by atoms with Crippen LogP contribution in [0.4, 0.5) is 18.9 Å². The SMILES string of the molecule is C/C=C/CNc1ccc(C(F)(F)F)cc1Cl. The lowest BCUT2D eigenvalue weighted by Gasteiger charge is -2.10. The van der Waals surface area contributed by atoms with Gasteiger partial charge in [-0.05, 0) is 25.1 Å². The topological polar surface area (TPSA) is 12.0 Å². The maximum Gasteiger partial charge on any atom is 0.416 e. The zero-order chi connectivity index (χ0) is 12.2. The Bertz CT molecular complexity index is 385. The lowest BCUT2D eigenvalue weighted by Crippen LogP contribution is -2.06. The molecule has 5 heteroatoms. The van der Waals surface area contributed by atoms with E-state index in [9.17, 15) is 13.2 Å². The number of nitrogens with one attached hydrogen (secondary N) is 1. The van der Waals surface area contributed by atoms with Gasteiger partial charge in [0.1, 0.15) is 0 Å². The zero-order valence-electron chi connectivity index (χ0n) is 8.61. The van der Waals surface area contributed by atoms with Gasteiger partial charge >= 0.3 is 6.18 Å². The molecule has 0 aliphatic carbocycles. The summed E-state index contributed by atoms with van der Waals surface area (Å²) in [6.07, 6.45) is -0.676. The molecule has 0 radical (unpaired) electrons. The molecular formula is C11H11ClF3N. The van der Waals surface area contributed by atoms with Crippen LogP contribution in [0.25, 0.3) is 0 Å². The molecule has 0 aliphatic heterocycles. The summed E-state index contributed by atoms with van der Waals surface area (Å²) in [6.45, 7) is 2.39. The fourth-order valence-electron chi connectivity index (χ4n) is 1.12. The molecule has 0 unspecified atom stereocenters. The molecule has 0 atom stereocenters. The van der Waals surface area contributed by atoms with Crippen molar-refractivity contribution in [3.8, 4) is 0 Å². The average molecular weight is 250 g/mol. The molecule has 88 valence electrons. The van der Waals surface area contributed by atoms with Crippen LogP contribution in [-0.2, 0) is 6.18 Å². The van der Waals surface area contributed by atoms with Gasteiger partial charge in [0.15, 0.2) is 0 Å². The van der Waals surface area contributed by atoms with Crippen LogP contribution in [0.2, 0.25) is 5.02 Å². The first-order valence-corrected chi connectivity index (χ1v) is 5.04. The standard InChI is InChI=1S/C11H11ClF3N/c1-2-3-6-16-10-5-4-8(7-9(10)12)11(13,14)15/h2-5,7,16H,6H2,1H3/b3-2+. The first-order valence-electron chi connectivity index (χ1n) is 4.67. The van der Waals surface area contributed by atoms with Crippen molar-refractivity contribution < 1.29 is 13.2 Å². The van der Waals surface area contributed by atoms with E-state index in [1.54, 1.807) is 0 Å². The first-order chi connectivity index (χ1) is 7.45. The predicted octanol–water partition coefficient (Wildman–Crippen LogP) is 4.35. The molecular weight excluding hydrogens is 239 g/mol. The quantitative estimate of drug-likeness (QED) is 0.786. The highest BCUT2D eigenvalue weighted by atomic mass is 35.5. The molecule has 1 aromatic rings. The van der Waals surface area contributed by atoms with E-state index in [-0.39, 0.29) is 5.02 Å². The van der Waals surface area contributed by atoms with Crippen LogP contribution in [-0.4, -0.2) is 6.54 Å². The largest absolute Gasteiger partial charge is 0.416 e. The van der Waals surface area contributed by atoms with Crippen molar-refractivity contribution in [1.29, 1.82) is 0 Å². The van der Waals surface area contributed by atoms with E-state index in [0.717, 1.165) is 12.1 Å². The van der Waals surface area contributed by atoms with Crippen LogP contribution in [0.3, 0.4) is 0 Å². The Kier molecular flexibility index (Phi) is 4.24. The number of halogens is 4. The normalized spacial score (nSPS) is 12.1. The van der Waals surface area contributed by atoms with Gasteiger partial charge < -0.3 is 5.32 Å². The van der Waals surface area contributed by atoms with E-state index in [1.807, 2.05) is 19.1 Å². The Morgan fingerprint density at radius 2 is 2.06 bits per heavy atom. The van der Waals surface area contributed by atoms with E-state index in [4.69, 9.17) is 11.6 Å². The number of allylic oxidation sites excluding steroid dienone is 1. The molecule has 0 amide bonds. The summed E-state index contributed by atoms with van der Waals surface area (Å²) >= 11 is 5.73. The third-order valence-corrected chi connectivity index (χ3v) is 2.26. The smallest absolute Gasteiger partial charge is 0.380 e. The maximum absolute atomic E-state index is 12.3. The second-order valence-corrected chi connectivity index (χ2v) is 3.55. The summed E-state index contributed by atoms with van der Waals surface area (Å²) in [5.74, 6) is 0. The number of hydrogen-bond donors (Lipinski definition) is 1. The second kappa shape index (κ2) is 5.25. The molecule has 0 saturated carbocycles. The van der Waals surface area contributed by atoms with Crippen LogP contribution in [0, 0.1) is 0 Å². The van der Waals surface area contributed by atoms with Crippen molar-refractivity contribution in [2.75, 3.05) is 11.9 Å². The Morgan fingerprint density at radius 3 is 2.56 bits per heavy atom. The molecule has 16 heavy (non-hydrogen) atoms. The average Bonchev–Trinajstić information content (AvgIpc) is 2.19. The number of hydrogen-bond acceptors (Lipinski definition) is 1. The van der Waals surface area contributed by atoms with Crippen LogP contribution >= 0.6 is 11.6 Å². The lowest BCUT2D eigenvalue weighted by atomic mass is 10.2. The molecule has 1 rings (SSSR count). The van der Waals surface area contributed by atoms with Crippen molar-refractivity contribution in [3.05, 3.63) is 40.9 Å². The van der Waals surface area contributed by atoms with Gasteiger partial charge in [0.2, 0.25) is 0 Å². The van der Waals surface area contributed by atoms with Crippen molar-refractivity contribution >= 4 is 17.3 Å². The minimum absolute atomic E-state index is 0.0688. The van der Waals surface area contributed by atoms with Crippen LogP contribution in [0.15, 0.2) is 30.4 Å². The number of alkyl halides is 3. The van der Waals surface area contributed by atoms with E-state index in [1.165, 1.54) is 6.07 Å². The molecule has 0 aliphatic rings. The highest BCUT2D eigenvalue weighted by Crippen LogP contribution is 2.33. The molecule has 0 heterocycles. The van der Waals surface area contributed by atoms with Gasteiger partial charge in [-0.3, -0.25) is 0 Å². The number of benzene rings is 1. The minimum atomic E-state index is -4.36. The summed E-state index contributed by atoms with van der Waals surface area (Å²) in [5.41, 5.74) is -0.248. The summed E-state index contributed by atoms with van der Waals surface area (Å²) in [7, 11) is 0. The van der Waals surface area contributed by atoms with Gasteiger partial charge in [-0.15, -0.1) is 0 Å². The molecule has 0 fully saturated rings. The Balaban J connectivity index is 2.83. The van der Waals surface area contributed by atoms with Crippen LogP contribution in [0.5, 0.6) is 0 Å². The minimum Gasteiger partial charge on any atom is -0.380 e. The summed E-state index contributed by atoms with van der Waals surface area (Å²) in [5, 5.41) is 2.98. The Morgan fingerprint density at radius 1 is 1.38 bits per heavy atom. The number of anilines is 1. The molecule has 0 saturated heterocycles. The molecule has 0 aromatic heterocycles. The van der Waals surface area contributed by atoms with Gasteiger partial charge in [-0.2, -0.15) is 13.2 Å². The van der Waals surface area contributed by atoms with E-state index >= 15 is 0 Å². The molecule has 1 aromatic carbocycles. The number of rotatable bonds is 3. The van der Waals surface area contributed by atoms with E-state index in [2.05, 4.69) is 5.32 Å². The monoisotopic (exact) mass is 249 g/mol. The molecule has 0 bridgehead atoms. The van der Waals surface area contributed by atoms with Gasteiger partial charge in [0, 0.05) is 6.54 Å². The van der Waals surface area contributed by atoms with Crippen LogP contribution in [0.1, 0.15) is 12.5 Å². The zero-order valence-corrected chi connectivity index (χ0v) is 9.36. The predicted molar refractivity (Wildman–Crippen MR) is 59.8 cm³/mol. The lowest BCUT2D eigenvalue weighted by molar-refractivity contribution is -0.137. The van der Waals surface area contributed by atoms with Gasteiger partial charge in [-0.1, -0.05) is 23.8 Å². The Labute approximate surface area is 96.9 Å². The fraction of sp³-hybridized carbons (Fsp3) is 0.273. The Hall–Kier alpha value is -1.16. The van der Waals surface area contributed by atoms with Gasteiger partial charge in [-0.25, -0.2) is 0 Å². The highest BCUT2D eigenvalue weighted by Gasteiger charge is 2.30. The van der Waals surface area contributed by atoms with Crippen molar-refractivity contribution in [3.63, 3.8) is 0 Å². The summed E-state index contributed by atoms with van der Waals surface area (Å²) < 4.78 is 36.9. The first kappa shape index (κ1) is 12.9. The van der Waals surface area contributed by atoms with E-state index < -0.39 is 11.7 Å². The highest BCUT2D eigenvalue weighted by molar-refractivity contribution is 6.33. The van der Waals surface area contributed by atoms with Crippen molar-refractivity contribution in [1.82, 2.24) is 0 Å². The third-order valence-electron chi connectivity index (χ3n) is 1.94. The molecule has 1 N–H and O–H groups in total. The van der Waals surface area contributed by atoms with Crippen LogP contribution < -0.4 is 5.32 Å². The fourth-order valence-corrected chi connectivity index (χ4v) is 1.37.